The minimum atomic E-state index is -1.08. The Morgan fingerprint density at radius 2 is 2.00 bits per heavy atom. The predicted molar refractivity (Wildman–Crippen MR) is 69.9 cm³/mol. The monoisotopic (exact) mass is 264 g/mol. The first-order chi connectivity index (χ1) is 8.93. The molecule has 1 aromatic carbocycles. The SMILES string of the molecule is CCC(NC(=O)c1cccc(NC(C)=O)c1)C(=O)O. The van der Waals surface area contributed by atoms with Crippen molar-refractivity contribution in [2.45, 2.75) is 26.3 Å². The number of carbonyl (C=O) groups excluding carboxylic acids is 2. The highest BCUT2D eigenvalue weighted by Crippen LogP contribution is 2.11. The van der Waals surface area contributed by atoms with Gasteiger partial charge in [0, 0.05) is 18.2 Å². The van der Waals surface area contributed by atoms with Crippen LogP contribution in [0.2, 0.25) is 0 Å². The lowest BCUT2D eigenvalue weighted by Gasteiger charge is -2.12. The zero-order chi connectivity index (χ0) is 14.4. The van der Waals surface area contributed by atoms with E-state index in [1.165, 1.54) is 13.0 Å². The molecule has 0 bridgehead atoms. The third-order valence-electron chi connectivity index (χ3n) is 2.46. The van der Waals surface area contributed by atoms with E-state index in [0.29, 0.717) is 17.7 Å². The number of benzene rings is 1. The maximum atomic E-state index is 11.9. The Kier molecular flexibility index (Phi) is 5.05. The van der Waals surface area contributed by atoms with E-state index < -0.39 is 17.9 Å². The number of rotatable bonds is 5. The number of carbonyl (C=O) groups is 3. The molecule has 0 aromatic heterocycles. The minimum absolute atomic E-state index is 0.241. The van der Waals surface area contributed by atoms with E-state index in [9.17, 15) is 14.4 Å². The van der Waals surface area contributed by atoms with Gasteiger partial charge in [0.05, 0.1) is 0 Å². The van der Waals surface area contributed by atoms with Crippen LogP contribution in [0, 0.1) is 0 Å². The lowest BCUT2D eigenvalue weighted by atomic mass is 10.1. The van der Waals surface area contributed by atoms with Crippen molar-refractivity contribution in [2.75, 3.05) is 5.32 Å². The first-order valence-corrected chi connectivity index (χ1v) is 5.85. The predicted octanol–water partition coefficient (Wildman–Crippen LogP) is 1.24. The van der Waals surface area contributed by atoms with Gasteiger partial charge in [0.2, 0.25) is 5.91 Å². The quantitative estimate of drug-likeness (QED) is 0.745. The van der Waals surface area contributed by atoms with Crippen LogP contribution in [0.5, 0.6) is 0 Å². The highest BCUT2D eigenvalue weighted by atomic mass is 16.4. The molecule has 102 valence electrons. The third kappa shape index (κ3) is 4.42. The van der Waals surface area contributed by atoms with Crippen molar-refractivity contribution < 1.29 is 19.5 Å². The van der Waals surface area contributed by atoms with E-state index in [-0.39, 0.29) is 5.91 Å². The number of hydrogen-bond donors (Lipinski definition) is 3. The van der Waals surface area contributed by atoms with Gasteiger partial charge in [-0.05, 0) is 24.6 Å². The molecule has 1 atom stereocenters. The number of hydrogen-bond acceptors (Lipinski definition) is 3. The maximum Gasteiger partial charge on any atom is 0.326 e. The van der Waals surface area contributed by atoms with Gasteiger partial charge in [-0.3, -0.25) is 9.59 Å². The van der Waals surface area contributed by atoms with Crippen LogP contribution in [-0.2, 0) is 9.59 Å². The normalized spacial score (nSPS) is 11.5. The second-order valence-electron chi connectivity index (χ2n) is 4.03. The smallest absolute Gasteiger partial charge is 0.326 e. The molecule has 0 saturated carbocycles. The van der Waals surface area contributed by atoms with Crippen molar-refractivity contribution in [3.63, 3.8) is 0 Å². The Balaban J connectivity index is 2.82. The Morgan fingerprint density at radius 1 is 1.32 bits per heavy atom. The fraction of sp³-hybridized carbons (Fsp3) is 0.308. The summed E-state index contributed by atoms with van der Waals surface area (Å²) in [5, 5.41) is 13.8. The molecule has 0 aliphatic rings. The molecule has 1 aromatic rings. The molecule has 0 radical (unpaired) electrons. The number of amides is 2. The Hall–Kier alpha value is -2.37. The number of carboxylic acid groups (broad SMARTS) is 1. The summed E-state index contributed by atoms with van der Waals surface area (Å²) in [6, 6.07) is 5.38. The van der Waals surface area contributed by atoms with Gasteiger partial charge in [-0.25, -0.2) is 4.79 Å². The van der Waals surface area contributed by atoms with Gasteiger partial charge in [0.1, 0.15) is 6.04 Å². The number of nitrogens with one attached hydrogen (secondary N) is 2. The highest BCUT2D eigenvalue weighted by Gasteiger charge is 2.18. The molecular weight excluding hydrogens is 248 g/mol. The van der Waals surface area contributed by atoms with Gasteiger partial charge >= 0.3 is 5.97 Å². The lowest BCUT2D eigenvalue weighted by molar-refractivity contribution is -0.139. The van der Waals surface area contributed by atoms with Gasteiger partial charge in [-0.2, -0.15) is 0 Å². The lowest BCUT2D eigenvalue weighted by Crippen LogP contribution is -2.40. The van der Waals surface area contributed by atoms with Crippen LogP contribution in [0.1, 0.15) is 30.6 Å². The molecule has 0 spiro atoms. The van der Waals surface area contributed by atoms with Crippen molar-refractivity contribution in [2.24, 2.45) is 0 Å². The molecule has 0 fully saturated rings. The average Bonchev–Trinajstić information content (AvgIpc) is 2.34. The summed E-state index contributed by atoms with van der Waals surface area (Å²) in [6.07, 6.45) is 0.298. The Morgan fingerprint density at radius 3 is 2.53 bits per heavy atom. The van der Waals surface area contributed by atoms with Crippen molar-refractivity contribution >= 4 is 23.5 Å². The summed E-state index contributed by atoms with van der Waals surface area (Å²) in [5.74, 6) is -1.80. The number of aliphatic carboxylic acids is 1. The van der Waals surface area contributed by atoms with Crippen molar-refractivity contribution in [1.29, 1.82) is 0 Å². The van der Waals surface area contributed by atoms with E-state index in [1.54, 1.807) is 25.1 Å². The van der Waals surface area contributed by atoms with E-state index >= 15 is 0 Å². The molecule has 6 nitrogen and oxygen atoms in total. The minimum Gasteiger partial charge on any atom is -0.480 e. The summed E-state index contributed by atoms with van der Waals surface area (Å²) in [5.41, 5.74) is 0.787. The fourth-order valence-electron chi connectivity index (χ4n) is 1.52. The summed E-state index contributed by atoms with van der Waals surface area (Å²) in [7, 11) is 0. The molecule has 1 rings (SSSR count). The summed E-state index contributed by atoms with van der Waals surface area (Å²) >= 11 is 0. The molecule has 1 unspecified atom stereocenters. The maximum absolute atomic E-state index is 11.9. The van der Waals surface area contributed by atoms with Crippen LogP contribution in [0.25, 0.3) is 0 Å². The van der Waals surface area contributed by atoms with Crippen LogP contribution in [-0.4, -0.2) is 28.9 Å². The van der Waals surface area contributed by atoms with Crippen molar-refractivity contribution in [3.8, 4) is 0 Å². The zero-order valence-electron chi connectivity index (χ0n) is 10.8. The zero-order valence-corrected chi connectivity index (χ0v) is 10.8. The van der Waals surface area contributed by atoms with Gasteiger partial charge < -0.3 is 15.7 Å². The van der Waals surface area contributed by atoms with Crippen LogP contribution >= 0.6 is 0 Å². The van der Waals surface area contributed by atoms with Gasteiger partial charge in [0.15, 0.2) is 0 Å². The molecule has 3 N–H and O–H groups in total. The molecule has 0 heterocycles. The van der Waals surface area contributed by atoms with Crippen LogP contribution in [0.4, 0.5) is 5.69 Å². The second kappa shape index (κ2) is 6.53. The van der Waals surface area contributed by atoms with E-state index in [4.69, 9.17) is 5.11 Å². The second-order valence-corrected chi connectivity index (χ2v) is 4.03. The number of anilines is 1. The highest BCUT2D eigenvalue weighted by molar-refractivity contribution is 5.98. The first-order valence-electron chi connectivity index (χ1n) is 5.85. The van der Waals surface area contributed by atoms with Crippen molar-refractivity contribution in [1.82, 2.24) is 5.32 Å². The summed E-state index contributed by atoms with van der Waals surface area (Å²) < 4.78 is 0. The van der Waals surface area contributed by atoms with Crippen LogP contribution < -0.4 is 10.6 Å². The van der Waals surface area contributed by atoms with E-state index in [2.05, 4.69) is 10.6 Å². The largest absolute Gasteiger partial charge is 0.480 e. The number of carboxylic acids is 1. The topological polar surface area (TPSA) is 95.5 Å². The van der Waals surface area contributed by atoms with E-state index in [1.807, 2.05) is 0 Å². The van der Waals surface area contributed by atoms with Crippen LogP contribution in [0.3, 0.4) is 0 Å². The molecule has 19 heavy (non-hydrogen) atoms. The molecule has 0 saturated heterocycles. The Bertz CT molecular complexity index is 499. The first kappa shape index (κ1) is 14.7. The van der Waals surface area contributed by atoms with Crippen LogP contribution in [0.15, 0.2) is 24.3 Å². The molecule has 2 amide bonds. The third-order valence-corrected chi connectivity index (χ3v) is 2.46. The molecule has 0 aliphatic carbocycles. The summed E-state index contributed by atoms with van der Waals surface area (Å²) in [4.78, 5) is 33.6. The molecule has 6 heteroatoms. The van der Waals surface area contributed by atoms with E-state index in [0.717, 1.165) is 0 Å². The molecule has 0 aliphatic heterocycles. The van der Waals surface area contributed by atoms with Crippen molar-refractivity contribution in [3.05, 3.63) is 29.8 Å². The molecular formula is C13H16N2O4. The standard InChI is InChI=1S/C13H16N2O4/c1-3-11(13(18)19)15-12(17)9-5-4-6-10(7-9)14-8(2)16/h4-7,11H,3H2,1-2H3,(H,14,16)(H,15,17)(H,18,19). The summed E-state index contributed by atoms with van der Waals surface area (Å²) in [6.45, 7) is 3.04. The average molecular weight is 264 g/mol. The van der Waals surface area contributed by atoms with Gasteiger partial charge in [-0.1, -0.05) is 13.0 Å². The Labute approximate surface area is 110 Å². The fourth-order valence-corrected chi connectivity index (χ4v) is 1.52. The van der Waals surface area contributed by atoms with Gasteiger partial charge in [0.25, 0.3) is 5.91 Å². The van der Waals surface area contributed by atoms with Gasteiger partial charge in [-0.15, -0.1) is 0 Å².